The molecule has 2 fully saturated rings. The highest BCUT2D eigenvalue weighted by atomic mass is 35.5. The van der Waals surface area contributed by atoms with Crippen LogP contribution in [0.4, 0.5) is 0 Å². The van der Waals surface area contributed by atoms with Crippen LogP contribution >= 0.6 is 12.4 Å². The maximum absolute atomic E-state index is 11.9. The maximum Gasteiger partial charge on any atom is 0.220 e. The SMILES string of the molecule is CC1(C)CCCC1NC(=O)CC1CCNC1.Cl. The van der Waals surface area contributed by atoms with E-state index in [9.17, 15) is 4.79 Å². The van der Waals surface area contributed by atoms with Gasteiger partial charge in [-0.3, -0.25) is 4.79 Å². The third kappa shape index (κ3) is 3.85. The van der Waals surface area contributed by atoms with Crippen LogP contribution in [-0.4, -0.2) is 25.0 Å². The van der Waals surface area contributed by atoms with E-state index in [0.717, 1.165) is 25.9 Å². The van der Waals surface area contributed by atoms with E-state index in [4.69, 9.17) is 0 Å². The van der Waals surface area contributed by atoms with Gasteiger partial charge in [-0.2, -0.15) is 0 Å². The molecule has 2 rings (SSSR count). The number of hydrogen-bond donors (Lipinski definition) is 2. The van der Waals surface area contributed by atoms with E-state index in [-0.39, 0.29) is 18.3 Å². The van der Waals surface area contributed by atoms with Crippen molar-refractivity contribution in [3.05, 3.63) is 0 Å². The van der Waals surface area contributed by atoms with Crippen LogP contribution in [0.3, 0.4) is 0 Å². The predicted octanol–water partition coefficient (Wildman–Crippen LogP) is 2.10. The first kappa shape index (κ1) is 14.8. The quantitative estimate of drug-likeness (QED) is 0.816. The summed E-state index contributed by atoms with van der Waals surface area (Å²) in [6.07, 6.45) is 5.51. The van der Waals surface area contributed by atoms with Crippen LogP contribution in [0.5, 0.6) is 0 Å². The van der Waals surface area contributed by atoms with Crippen LogP contribution in [0.1, 0.15) is 46.0 Å². The lowest BCUT2D eigenvalue weighted by atomic mass is 9.87. The molecule has 0 spiro atoms. The highest BCUT2D eigenvalue weighted by Gasteiger charge is 2.35. The molecule has 4 heteroatoms. The Labute approximate surface area is 111 Å². The highest BCUT2D eigenvalue weighted by Crippen LogP contribution is 2.37. The molecular weight excluding hydrogens is 236 g/mol. The molecular formula is C13H25ClN2O. The van der Waals surface area contributed by atoms with E-state index in [2.05, 4.69) is 24.5 Å². The summed E-state index contributed by atoms with van der Waals surface area (Å²) in [5, 5.41) is 6.54. The summed E-state index contributed by atoms with van der Waals surface area (Å²) < 4.78 is 0. The number of hydrogen-bond acceptors (Lipinski definition) is 2. The summed E-state index contributed by atoms with van der Waals surface area (Å²) in [5.74, 6) is 0.818. The molecule has 2 aliphatic rings. The highest BCUT2D eigenvalue weighted by molar-refractivity contribution is 5.85. The molecule has 2 N–H and O–H groups in total. The van der Waals surface area contributed by atoms with Crippen molar-refractivity contribution < 1.29 is 4.79 Å². The van der Waals surface area contributed by atoms with Crippen LogP contribution in [0.15, 0.2) is 0 Å². The lowest BCUT2D eigenvalue weighted by Gasteiger charge is -2.28. The summed E-state index contributed by atoms with van der Waals surface area (Å²) in [7, 11) is 0. The average Bonchev–Trinajstić information content (AvgIpc) is 2.78. The molecule has 0 aromatic rings. The largest absolute Gasteiger partial charge is 0.353 e. The minimum absolute atomic E-state index is 0. The van der Waals surface area contributed by atoms with Gasteiger partial charge in [-0.25, -0.2) is 0 Å². The van der Waals surface area contributed by atoms with Crippen molar-refractivity contribution in [2.24, 2.45) is 11.3 Å². The zero-order valence-corrected chi connectivity index (χ0v) is 11.7. The lowest BCUT2D eigenvalue weighted by molar-refractivity contribution is -0.123. The van der Waals surface area contributed by atoms with Gasteiger partial charge >= 0.3 is 0 Å². The van der Waals surface area contributed by atoms with Crippen LogP contribution in [0.2, 0.25) is 0 Å². The molecule has 0 aromatic heterocycles. The first-order chi connectivity index (χ1) is 7.58. The molecule has 3 nitrogen and oxygen atoms in total. The predicted molar refractivity (Wildman–Crippen MR) is 72.4 cm³/mol. The number of halogens is 1. The van der Waals surface area contributed by atoms with Gasteiger partial charge < -0.3 is 10.6 Å². The van der Waals surface area contributed by atoms with Crippen molar-refractivity contribution in [2.75, 3.05) is 13.1 Å². The van der Waals surface area contributed by atoms with Crippen molar-refractivity contribution in [2.45, 2.75) is 52.0 Å². The summed E-state index contributed by atoms with van der Waals surface area (Å²) in [6.45, 7) is 6.62. The summed E-state index contributed by atoms with van der Waals surface area (Å²) in [6, 6.07) is 0.398. The van der Waals surface area contributed by atoms with Crippen molar-refractivity contribution in [3.8, 4) is 0 Å². The first-order valence-corrected chi connectivity index (χ1v) is 6.58. The number of amides is 1. The third-order valence-corrected chi connectivity index (χ3v) is 4.23. The standard InChI is InChI=1S/C13H24N2O.ClH/c1-13(2)6-3-4-11(13)15-12(16)8-10-5-7-14-9-10;/h10-11,14H,3-9H2,1-2H3,(H,15,16);1H. The average molecular weight is 261 g/mol. The third-order valence-electron chi connectivity index (χ3n) is 4.23. The summed E-state index contributed by atoms with van der Waals surface area (Å²) >= 11 is 0. The van der Waals surface area contributed by atoms with Gasteiger partial charge in [-0.15, -0.1) is 12.4 Å². The molecule has 1 saturated heterocycles. The minimum atomic E-state index is 0. The van der Waals surface area contributed by atoms with Gasteiger partial charge in [0, 0.05) is 12.5 Å². The van der Waals surface area contributed by atoms with Gasteiger partial charge in [-0.05, 0) is 43.7 Å². The van der Waals surface area contributed by atoms with E-state index >= 15 is 0 Å². The van der Waals surface area contributed by atoms with Crippen molar-refractivity contribution in [3.63, 3.8) is 0 Å². The van der Waals surface area contributed by atoms with Crippen molar-refractivity contribution in [1.82, 2.24) is 10.6 Å². The Kier molecular flexibility index (Phi) is 5.26. The minimum Gasteiger partial charge on any atom is -0.353 e. The summed E-state index contributed by atoms with van der Waals surface area (Å²) in [5.41, 5.74) is 0.295. The fourth-order valence-electron chi connectivity index (χ4n) is 3.00. The fraction of sp³-hybridized carbons (Fsp3) is 0.923. The van der Waals surface area contributed by atoms with Gasteiger partial charge in [0.1, 0.15) is 0 Å². The van der Waals surface area contributed by atoms with Crippen LogP contribution < -0.4 is 10.6 Å². The van der Waals surface area contributed by atoms with Crippen LogP contribution in [-0.2, 0) is 4.79 Å². The van der Waals surface area contributed by atoms with E-state index in [1.54, 1.807) is 0 Å². The molecule has 2 unspecified atom stereocenters. The maximum atomic E-state index is 11.9. The van der Waals surface area contributed by atoms with Gasteiger partial charge in [0.25, 0.3) is 0 Å². The normalized spacial score (nSPS) is 30.9. The molecule has 0 radical (unpaired) electrons. The molecule has 17 heavy (non-hydrogen) atoms. The molecule has 1 saturated carbocycles. The molecule has 1 heterocycles. The Balaban J connectivity index is 0.00000144. The number of rotatable bonds is 3. The molecule has 0 aromatic carbocycles. The van der Waals surface area contributed by atoms with Gasteiger partial charge in [0.2, 0.25) is 5.91 Å². The Bertz CT molecular complexity index is 262. The monoisotopic (exact) mass is 260 g/mol. The molecule has 0 bridgehead atoms. The van der Waals surface area contributed by atoms with Crippen molar-refractivity contribution in [1.29, 1.82) is 0 Å². The van der Waals surface area contributed by atoms with Crippen LogP contribution in [0, 0.1) is 11.3 Å². The molecule has 100 valence electrons. The topological polar surface area (TPSA) is 41.1 Å². The van der Waals surface area contributed by atoms with Gasteiger partial charge in [0.05, 0.1) is 0 Å². The fourth-order valence-corrected chi connectivity index (χ4v) is 3.00. The molecule has 1 aliphatic carbocycles. The molecule has 2 atom stereocenters. The second-order valence-corrected chi connectivity index (χ2v) is 6.06. The first-order valence-electron chi connectivity index (χ1n) is 6.58. The zero-order chi connectivity index (χ0) is 11.6. The van der Waals surface area contributed by atoms with E-state index in [1.165, 1.54) is 12.8 Å². The number of carbonyl (C=O) groups is 1. The van der Waals surface area contributed by atoms with E-state index in [0.29, 0.717) is 23.8 Å². The number of nitrogens with one attached hydrogen (secondary N) is 2. The number of carbonyl (C=O) groups excluding carboxylic acids is 1. The second kappa shape index (κ2) is 6.05. The van der Waals surface area contributed by atoms with Crippen LogP contribution in [0.25, 0.3) is 0 Å². The Morgan fingerprint density at radius 1 is 1.41 bits per heavy atom. The Hall–Kier alpha value is -0.280. The van der Waals surface area contributed by atoms with E-state index < -0.39 is 0 Å². The van der Waals surface area contributed by atoms with Crippen molar-refractivity contribution >= 4 is 18.3 Å². The lowest BCUT2D eigenvalue weighted by Crippen LogP contribution is -2.42. The molecule has 1 aliphatic heterocycles. The smallest absolute Gasteiger partial charge is 0.220 e. The summed E-state index contributed by atoms with van der Waals surface area (Å²) in [4.78, 5) is 11.9. The molecule has 1 amide bonds. The van der Waals surface area contributed by atoms with Gasteiger partial charge in [0.15, 0.2) is 0 Å². The van der Waals surface area contributed by atoms with Gasteiger partial charge in [-0.1, -0.05) is 20.3 Å². The van der Waals surface area contributed by atoms with E-state index in [1.807, 2.05) is 0 Å². The second-order valence-electron chi connectivity index (χ2n) is 6.06. The zero-order valence-electron chi connectivity index (χ0n) is 10.9. The Morgan fingerprint density at radius 2 is 2.18 bits per heavy atom. The Morgan fingerprint density at radius 3 is 2.71 bits per heavy atom.